The van der Waals surface area contributed by atoms with Crippen LogP contribution >= 0.6 is 11.6 Å². The van der Waals surface area contributed by atoms with Gasteiger partial charge in [-0.15, -0.1) is 0 Å². The maximum absolute atomic E-state index is 12.4. The highest BCUT2D eigenvalue weighted by molar-refractivity contribution is 6.32. The second-order valence-corrected chi connectivity index (χ2v) is 7.25. The molecule has 1 heterocycles. The number of carbonyl (C=O) groups excluding carboxylic acids is 4. The summed E-state index contributed by atoms with van der Waals surface area (Å²) in [5.41, 5.74) is 0.600. The molecule has 9 heteroatoms. The maximum atomic E-state index is 12.4. The van der Waals surface area contributed by atoms with Gasteiger partial charge in [0.2, 0.25) is 11.8 Å². The second-order valence-electron chi connectivity index (χ2n) is 6.85. The summed E-state index contributed by atoms with van der Waals surface area (Å²) in [7, 11) is 0. The fourth-order valence-electron chi connectivity index (χ4n) is 3.37. The molecule has 1 N–H and O–H groups in total. The SMILES string of the molecule is C[C@@H](OC(=O)CN1C(=O)[C@H]2CC=CC[C@@H]2C1=O)C(=O)Nc1ccc(C#N)c(Cl)c1. The monoisotopic (exact) mass is 415 g/mol. The molecule has 150 valence electrons. The fourth-order valence-corrected chi connectivity index (χ4v) is 3.59. The first-order valence-electron chi connectivity index (χ1n) is 9.02. The van der Waals surface area contributed by atoms with Crippen molar-refractivity contribution in [2.45, 2.75) is 25.9 Å². The molecule has 1 fully saturated rings. The molecule has 0 aromatic heterocycles. The Bertz CT molecular complexity index is 926. The predicted molar refractivity (Wildman–Crippen MR) is 102 cm³/mol. The van der Waals surface area contributed by atoms with E-state index in [-0.39, 0.29) is 22.4 Å². The van der Waals surface area contributed by atoms with E-state index in [4.69, 9.17) is 21.6 Å². The Balaban J connectivity index is 1.56. The largest absolute Gasteiger partial charge is 0.451 e. The summed E-state index contributed by atoms with van der Waals surface area (Å²) in [5, 5.41) is 11.6. The number of rotatable bonds is 5. The van der Waals surface area contributed by atoms with Crippen LogP contribution in [0.2, 0.25) is 5.02 Å². The zero-order valence-electron chi connectivity index (χ0n) is 15.6. The van der Waals surface area contributed by atoms with E-state index in [0.717, 1.165) is 4.90 Å². The van der Waals surface area contributed by atoms with Crippen molar-refractivity contribution in [1.82, 2.24) is 4.90 Å². The molecule has 3 amide bonds. The smallest absolute Gasteiger partial charge is 0.326 e. The number of carbonyl (C=O) groups is 4. The van der Waals surface area contributed by atoms with Gasteiger partial charge in [-0.05, 0) is 38.0 Å². The number of nitrogens with one attached hydrogen (secondary N) is 1. The first-order valence-corrected chi connectivity index (χ1v) is 9.39. The molecule has 1 aromatic rings. The number of halogens is 1. The zero-order chi connectivity index (χ0) is 21.1. The number of nitrogens with zero attached hydrogens (tertiary/aromatic N) is 2. The lowest BCUT2D eigenvalue weighted by Crippen LogP contribution is -2.39. The Hall–Kier alpha value is -3.18. The van der Waals surface area contributed by atoms with Gasteiger partial charge >= 0.3 is 5.97 Å². The molecule has 3 atom stereocenters. The number of allylic oxidation sites excluding steroid dienone is 2. The van der Waals surface area contributed by atoms with Crippen molar-refractivity contribution in [2.75, 3.05) is 11.9 Å². The number of imide groups is 1. The van der Waals surface area contributed by atoms with Gasteiger partial charge in [0.25, 0.3) is 5.91 Å². The lowest BCUT2D eigenvalue weighted by Gasteiger charge is -2.17. The van der Waals surface area contributed by atoms with Gasteiger partial charge in [-0.1, -0.05) is 23.8 Å². The number of benzene rings is 1. The Kier molecular flexibility index (Phi) is 5.99. The molecule has 1 aromatic carbocycles. The van der Waals surface area contributed by atoms with Crippen LogP contribution in [-0.4, -0.2) is 41.2 Å². The topological polar surface area (TPSA) is 117 Å². The van der Waals surface area contributed by atoms with Gasteiger partial charge in [0.15, 0.2) is 6.10 Å². The van der Waals surface area contributed by atoms with Crippen molar-refractivity contribution in [3.63, 3.8) is 0 Å². The Morgan fingerprint density at radius 1 is 1.28 bits per heavy atom. The average molecular weight is 416 g/mol. The summed E-state index contributed by atoms with van der Waals surface area (Å²) >= 11 is 5.92. The van der Waals surface area contributed by atoms with Gasteiger partial charge in [0.1, 0.15) is 12.6 Å². The van der Waals surface area contributed by atoms with Crippen molar-refractivity contribution in [3.8, 4) is 6.07 Å². The number of esters is 1. The molecule has 0 spiro atoms. The third kappa shape index (κ3) is 4.30. The quantitative estimate of drug-likeness (QED) is 0.446. The van der Waals surface area contributed by atoms with Crippen LogP contribution in [0.15, 0.2) is 30.4 Å². The minimum absolute atomic E-state index is 0.178. The minimum atomic E-state index is -1.16. The first-order chi connectivity index (χ1) is 13.8. The molecule has 29 heavy (non-hydrogen) atoms. The van der Waals surface area contributed by atoms with Crippen molar-refractivity contribution in [2.24, 2.45) is 11.8 Å². The molecule has 3 rings (SSSR count). The minimum Gasteiger partial charge on any atom is -0.451 e. The van der Waals surface area contributed by atoms with Gasteiger partial charge in [-0.2, -0.15) is 5.26 Å². The summed E-state index contributed by atoms with van der Waals surface area (Å²) < 4.78 is 5.07. The highest BCUT2D eigenvalue weighted by Crippen LogP contribution is 2.34. The van der Waals surface area contributed by atoms with Crippen molar-refractivity contribution < 1.29 is 23.9 Å². The number of ether oxygens (including phenoxy) is 1. The summed E-state index contributed by atoms with van der Waals surface area (Å²) in [4.78, 5) is 50.1. The first kappa shape index (κ1) is 20.6. The molecule has 0 saturated carbocycles. The van der Waals surface area contributed by atoms with Gasteiger partial charge in [-0.3, -0.25) is 24.1 Å². The molecular weight excluding hydrogens is 398 g/mol. The fraction of sp³-hybridized carbons (Fsp3) is 0.350. The van der Waals surface area contributed by atoms with E-state index < -0.39 is 36.4 Å². The Morgan fingerprint density at radius 2 is 1.90 bits per heavy atom. The van der Waals surface area contributed by atoms with Crippen LogP contribution in [0.3, 0.4) is 0 Å². The highest BCUT2D eigenvalue weighted by atomic mass is 35.5. The maximum Gasteiger partial charge on any atom is 0.326 e. The van der Waals surface area contributed by atoms with Crippen LogP contribution in [-0.2, 0) is 23.9 Å². The summed E-state index contributed by atoms with van der Waals surface area (Å²) in [5.74, 6) is -3.09. The van der Waals surface area contributed by atoms with Crippen LogP contribution < -0.4 is 5.32 Å². The summed E-state index contributed by atoms with van der Waals surface area (Å²) in [6.07, 6.45) is 3.51. The second kappa shape index (κ2) is 8.45. The van der Waals surface area contributed by atoms with Gasteiger partial charge in [-0.25, -0.2) is 0 Å². The predicted octanol–water partition coefficient (Wildman–Crippen LogP) is 2.03. The third-order valence-electron chi connectivity index (χ3n) is 4.92. The lowest BCUT2D eigenvalue weighted by atomic mass is 9.85. The zero-order valence-corrected chi connectivity index (χ0v) is 16.3. The number of nitriles is 1. The third-order valence-corrected chi connectivity index (χ3v) is 5.23. The molecule has 2 aliphatic rings. The Morgan fingerprint density at radius 3 is 2.45 bits per heavy atom. The summed E-state index contributed by atoms with van der Waals surface area (Å²) in [6.45, 7) is 0.848. The lowest BCUT2D eigenvalue weighted by molar-refractivity contribution is -0.158. The van der Waals surface area contributed by atoms with Gasteiger partial charge in [0.05, 0.1) is 22.4 Å². The van der Waals surface area contributed by atoms with E-state index in [2.05, 4.69) is 5.32 Å². The normalized spacial score (nSPS) is 21.3. The van der Waals surface area contributed by atoms with E-state index in [1.165, 1.54) is 25.1 Å². The molecule has 8 nitrogen and oxygen atoms in total. The van der Waals surface area contributed by atoms with Gasteiger partial charge < -0.3 is 10.1 Å². The summed E-state index contributed by atoms with van der Waals surface area (Å²) in [6, 6.07) is 6.26. The van der Waals surface area contributed by atoms with Crippen molar-refractivity contribution >= 4 is 41.0 Å². The van der Waals surface area contributed by atoms with E-state index in [1.54, 1.807) is 0 Å². The average Bonchev–Trinajstić information content (AvgIpc) is 2.93. The van der Waals surface area contributed by atoms with E-state index in [9.17, 15) is 19.2 Å². The highest BCUT2D eigenvalue weighted by Gasteiger charge is 2.47. The molecular formula is C20H18ClN3O5. The molecule has 1 saturated heterocycles. The van der Waals surface area contributed by atoms with Gasteiger partial charge in [0, 0.05) is 5.69 Å². The van der Waals surface area contributed by atoms with Crippen LogP contribution in [0.5, 0.6) is 0 Å². The van der Waals surface area contributed by atoms with Crippen LogP contribution in [0, 0.1) is 23.2 Å². The molecule has 1 aliphatic heterocycles. The van der Waals surface area contributed by atoms with Crippen LogP contribution in [0.1, 0.15) is 25.3 Å². The van der Waals surface area contributed by atoms with E-state index >= 15 is 0 Å². The number of fused-ring (bicyclic) bond motifs is 1. The standard InChI is InChI=1S/C20H18ClN3O5/c1-11(18(26)23-13-7-6-12(9-22)16(21)8-13)29-17(25)10-24-19(27)14-4-2-3-5-15(14)20(24)28/h2-3,6-8,11,14-15H,4-5,10H2,1H3,(H,23,26)/t11-,14+,15+/m1/s1. The number of amides is 3. The van der Waals surface area contributed by atoms with Crippen LogP contribution in [0.25, 0.3) is 0 Å². The molecule has 1 aliphatic carbocycles. The molecule has 0 radical (unpaired) electrons. The van der Waals surface area contributed by atoms with E-state index in [0.29, 0.717) is 18.5 Å². The van der Waals surface area contributed by atoms with E-state index in [1.807, 2.05) is 18.2 Å². The molecule has 0 bridgehead atoms. The Labute approximate surface area is 172 Å². The van der Waals surface area contributed by atoms with Crippen LogP contribution in [0.4, 0.5) is 5.69 Å². The number of hydrogen-bond acceptors (Lipinski definition) is 6. The van der Waals surface area contributed by atoms with Crippen molar-refractivity contribution in [1.29, 1.82) is 5.26 Å². The van der Waals surface area contributed by atoms with Crippen molar-refractivity contribution in [3.05, 3.63) is 40.9 Å². The molecule has 0 unspecified atom stereocenters. The number of anilines is 1. The number of hydrogen-bond donors (Lipinski definition) is 1. The number of likely N-dealkylation sites (tertiary alicyclic amines) is 1.